The van der Waals surface area contributed by atoms with Crippen molar-refractivity contribution in [3.63, 3.8) is 0 Å². The molecule has 3 rings (SSSR count). The maximum absolute atomic E-state index is 12.8. The highest BCUT2D eigenvalue weighted by Gasteiger charge is 2.32. The molecule has 1 aromatic heterocycles. The summed E-state index contributed by atoms with van der Waals surface area (Å²) in [5, 5.41) is 3.99. The van der Waals surface area contributed by atoms with Crippen LogP contribution in [0.2, 0.25) is 0 Å². The van der Waals surface area contributed by atoms with Crippen LogP contribution in [0, 0.1) is 5.92 Å². The van der Waals surface area contributed by atoms with Crippen LogP contribution in [0.5, 0.6) is 11.5 Å². The van der Waals surface area contributed by atoms with Gasteiger partial charge < -0.3 is 18.9 Å². The second kappa shape index (κ2) is 9.00. The first-order valence-electron chi connectivity index (χ1n) is 9.48. The maximum Gasteiger partial charge on any atom is 0.246 e. The van der Waals surface area contributed by atoms with E-state index in [0.717, 1.165) is 6.26 Å². The minimum Gasteiger partial charge on any atom is -0.497 e. The van der Waals surface area contributed by atoms with Crippen LogP contribution >= 0.6 is 0 Å². The van der Waals surface area contributed by atoms with Gasteiger partial charge in [-0.05, 0) is 25.0 Å². The van der Waals surface area contributed by atoms with Gasteiger partial charge in [-0.1, -0.05) is 5.16 Å². The third-order valence-corrected chi connectivity index (χ3v) is 6.34. The molecular weight excluding hydrogens is 412 g/mol. The zero-order chi connectivity index (χ0) is 21.9. The number of amides is 1. The summed E-state index contributed by atoms with van der Waals surface area (Å²) in [6.07, 6.45) is 2.46. The van der Waals surface area contributed by atoms with Crippen LogP contribution in [0.1, 0.15) is 18.7 Å². The second-order valence-corrected chi connectivity index (χ2v) is 9.21. The first-order chi connectivity index (χ1) is 14.2. The zero-order valence-electron chi connectivity index (χ0n) is 17.5. The lowest BCUT2D eigenvalue weighted by molar-refractivity contribution is -0.136. The van der Waals surface area contributed by atoms with E-state index in [0.29, 0.717) is 42.3 Å². The number of rotatable bonds is 7. The maximum atomic E-state index is 12.8. The smallest absolute Gasteiger partial charge is 0.246 e. The summed E-state index contributed by atoms with van der Waals surface area (Å²) in [6.45, 7) is 0.767. The summed E-state index contributed by atoms with van der Waals surface area (Å²) >= 11 is 0. The minimum atomic E-state index is -3.31. The zero-order valence-corrected chi connectivity index (χ0v) is 18.3. The Balaban J connectivity index is 1.69. The van der Waals surface area contributed by atoms with Gasteiger partial charge in [0.15, 0.2) is 0 Å². The van der Waals surface area contributed by atoms with E-state index in [2.05, 4.69) is 10.1 Å². The van der Waals surface area contributed by atoms with E-state index < -0.39 is 10.0 Å². The Kier molecular flexibility index (Phi) is 6.61. The standard InChI is InChI=1S/C19H26N4O6S/c1-22(19(24)13-6-5-9-23(11-13)30(4,25)26)12-17-20-18(21-29-17)15-8-7-14(27-2)10-16(15)28-3/h7-8,10,13H,5-6,9,11-12H2,1-4H3/t13-/m1/s1. The lowest BCUT2D eigenvalue weighted by atomic mass is 9.98. The Labute approximate surface area is 175 Å². The van der Waals surface area contributed by atoms with E-state index in [-0.39, 0.29) is 30.8 Å². The molecule has 1 aliphatic rings. The van der Waals surface area contributed by atoms with Crippen molar-refractivity contribution in [3.05, 3.63) is 24.1 Å². The second-order valence-electron chi connectivity index (χ2n) is 7.23. The largest absolute Gasteiger partial charge is 0.497 e. The lowest BCUT2D eigenvalue weighted by Crippen LogP contribution is -2.45. The SMILES string of the molecule is COc1ccc(-c2noc(CN(C)C(=O)[C@@H]3CCCN(S(C)(=O)=O)C3)n2)c(OC)c1. The normalized spacial score (nSPS) is 17.5. The summed E-state index contributed by atoms with van der Waals surface area (Å²) in [5.41, 5.74) is 0.637. The van der Waals surface area contributed by atoms with Gasteiger partial charge in [0.05, 0.1) is 38.5 Å². The van der Waals surface area contributed by atoms with Gasteiger partial charge >= 0.3 is 0 Å². The fourth-order valence-corrected chi connectivity index (χ4v) is 4.36. The van der Waals surface area contributed by atoms with E-state index in [1.165, 1.54) is 16.3 Å². The van der Waals surface area contributed by atoms with E-state index in [1.807, 2.05) is 0 Å². The van der Waals surface area contributed by atoms with Crippen molar-refractivity contribution in [1.82, 2.24) is 19.3 Å². The average Bonchev–Trinajstić information content (AvgIpc) is 3.20. The van der Waals surface area contributed by atoms with Crippen molar-refractivity contribution in [2.24, 2.45) is 5.92 Å². The molecule has 2 heterocycles. The number of carbonyl (C=O) groups is 1. The first kappa shape index (κ1) is 22.0. The Morgan fingerprint density at radius 2 is 2.10 bits per heavy atom. The van der Waals surface area contributed by atoms with Crippen molar-refractivity contribution >= 4 is 15.9 Å². The highest BCUT2D eigenvalue weighted by molar-refractivity contribution is 7.88. The first-order valence-corrected chi connectivity index (χ1v) is 11.3. The molecule has 0 saturated carbocycles. The van der Waals surface area contributed by atoms with E-state index in [4.69, 9.17) is 14.0 Å². The van der Waals surface area contributed by atoms with E-state index in [9.17, 15) is 13.2 Å². The number of ether oxygens (including phenoxy) is 2. The molecule has 1 aromatic carbocycles. The minimum absolute atomic E-state index is 0.125. The number of hydrogen-bond donors (Lipinski definition) is 0. The molecule has 0 bridgehead atoms. The molecule has 1 fully saturated rings. The monoisotopic (exact) mass is 438 g/mol. The van der Waals surface area contributed by atoms with E-state index >= 15 is 0 Å². The summed E-state index contributed by atoms with van der Waals surface area (Å²) in [5.74, 6) is 1.25. The molecule has 0 spiro atoms. The molecule has 0 N–H and O–H groups in total. The number of aromatic nitrogens is 2. The Morgan fingerprint density at radius 1 is 1.33 bits per heavy atom. The number of carbonyl (C=O) groups excluding carboxylic acids is 1. The van der Waals surface area contributed by atoms with Crippen LogP contribution in [0.25, 0.3) is 11.4 Å². The number of benzene rings is 1. The van der Waals surface area contributed by atoms with Crippen molar-refractivity contribution in [2.75, 3.05) is 40.6 Å². The summed E-state index contributed by atoms with van der Waals surface area (Å²) in [7, 11) is 1.43. The van der Waals surface area contributed by atoms with Crippen LogP contribution in [-0.2, 0) is 21.4 Å². The van der Waals surface area contributed by atoms with Crippen molar-refractivity contribution in [1.29, 1.82) is 0 Å². The quantitative estimate of drug-likeness (QED) is 0.637. The number of hydrogen-bond acceptors (Lipinski definition) is 8. The van der Waals surface area contributed by atoms with Gasteiger partial charge in [-0.25, -0.2) is 12.7 Å². The highest BCUT2D eigenvalue weighted by Crippen LogP contribution is 2.31. The number of methoxy groups -OCH3 is 2. The Morgan fingerprint density at radius 3 is 2.77 bits per heavy atom. The van der Waals surface area contributed by atoms with Gasteiger partial charge in [0.2, 0.25) is 27.6 Å². The Hall–Kier alpha value is -2.66. The number of piperidine rings is 1. The fourth-order valence-electron chi connectivity index (χ4n) is 3.45. The molecular formula is C19H26N4O6S. The van der Waals surface area contributed by atoms with E-state index in [1.54, 1.807) is 32.4 Å². The molecule has 0 unspecified atom stereocenters. The summed E-state index contributed by atoms with van der Waals surface area (Å²) in [6, 6.07) is 5.25. The molecule has 0 aliphatic carbocycles. The van der Waals surface area contributed by atoms with Crippen molar-refractivity contribution in [3.8, 4) is 22.9 Å². The molecule has 1 aliphatic heterocycles. The van der Waals surface area contributed by atoms with Gasteiger partial charge in [0.25, 0.3) is 0 Å². The van der Waals surface area contributed by atoms with Crippen LogP contribution in [0.4, 0.5) is 0 Å². The van der Waals surface area contributed by atoms with Gasteiger partial charge in [-0.2, -0.15) is 4.98 Å². The van der Waals surface area contributed by atoms with Crippen LogP contribution in [0.15, 0.2) is 22.7 Å². The molecule has 0 radical (unpaired) electrons. The molecule has 10 nitrogen and oxygen atoms in total. The highest BCUT2D eigenvalue weighted by atomic mass is 32.2. The predicted molar refractivity (Wildman–Crippen MR) is 108 cm³/mol. The molecule has 1 atom stereocenters. The van der Waals surface area contributed by atoms with Crippen LogP contribution in [0.3, 0.4) is 0 Å². The topological polar surface area (TPSA) is 115 Å². The Bertz CT molecular complexity index is 1010. The third kappa shape index (κ3) is 4.90. The van der Waals surface area contributed by atoms with Gasteiger partial charge in [-0.3, -0.25) is 4.79 Å². The number of sulfonamides is 1. The van der Waals surface area contributed by atoms with Crippen molar-refractivity contribution < 1.29 is 27.2 Å². The molecule has 1 amide bonds. The lowest BCUT2D eigenvalue weighted by Gasteiger charge is -2.32. The fraction of sp³-hybridized carbons (Fsp3) is 0.526. The van der Waals surface area contributed by atoms with Gasteiger partial charge in [0, 0.05) is 26.2 Å². The molecule has 11 heteroatoms. The third-order valence-electron chi connectivity index (χ3n) is 5.07. The average molecular weight is 439 g/mol. The van der Waals surface area contributed by atoms with Crippen LogP contribution in [-0.4, -0.2) is 74.3 Å². The summed E-state index contributed by atoms with van der Waals surface area (Å²) in [4.78, 5) is 18.7. The summed E-state index contributed by atoms with van der Waals surface area (Å²) < 4.78 is 40.8. The van der Waals surface area contributed by atoms with Gasteiger partial charge in [-0.15, -0.1) is 0 Å². The van der Waals surface area contributed by atoms with Crippen LogP contribution < -0.4 is 9.47 Å². The predicted octanol–water partition coefficient (Wildman–Crippen LogP) is 1.38. The van der Waals surface area contributed by atoms with Gasteiger partial charge in [0.1, 0.15) is 11.5 Å². The number of nitrogens with zero attached hydrogens (tertiary/aromatic N) is 4. The molecule has 2 aromatic rings. The van der Waals surface area contributed by atoms with Crippen molar-refractivity contribution in [2.45, 2.75) is 19.4 Å². The molecule has 1 saturated heterocycles. The molecule has 30 heavy (non-hydrogen) atoms. The molecule has 164 valence electrons.